The van der Waals surface area contributed by atoms with E-state index in [0.29, 0.717) is 25.7 Å². The minimum atomic E-state index is -0.760. The predicted molar refractivity (Wildman–Crippen MR) is 116 cm³/mol. The maximum atomic E-state index is 10.6. The molecule has 2 rings (SSSR count). The molecule has 6 nitrogen and oxygen atoms in total. The number of hydrogen-bond acceptors (Lipinski definition) is 5. The summed E-state index contributed by atoms with van der Waals surface area (Å²) in [4.78, 5) is 10.6. The highest BCUT2D eigenvalue weighted by Gasteiger charge is 2.40. The van der Waals surface area contributed by atoms with Crippen molar-refractivity contribution < 1.29 is 30.0 Å². The van der Waals surface area contributed by atoms with Crippen molar-refractivity contribution >= 4 is 12.0 Å². The van der Waals surface area contributed by atoms with Gasteiger partial charge in [-0.3, -0.25) is 4.79 Å². The molecule has 1 saturated carbocycles. The number of benzene rings is 1. The van der Waals surface area contributed by atoms with Gasteiger partial charge in [0, 0.05) is 6.42 Å². The van der Waals surface area contributed by atoms with Crippen molar-refractivity contribution in [3.8, 4) is 5.75 Å². The molecule has 1 aromatic carbocycles. The molecule has 5 atom stereocenters. The minimum Gasteiger partial charge on any atom is -0.497 e. The molecule has 0 amide bonds. The van der Waals surface area contributed by atoms with Crippen LogP contribution in [0.5, 0.6) is 5.75 Å². The summed E-state index contributed by atoms with van der Waals surface area (Å²) in [6, 6.07) is 7.58. The van der Waals surface area contributed by atoms with E-state index in [4.69, 9.17) is 9.84 Å². The Hall–Kier alpha value is -1.89. The molecule has 30 heavy (non-hydrogen) atoms. The first-order valence-corrected chi connectivity index (χ1v) is 11.0. The van der Waals surface area contributed by atoms with E-state index in [1.165, 1.54) is 0 Å². The molecule has 0 spiro atoms. The van der Waals surface area contributed by atoms with E-state index in [1.807, 2.05) is 30.3 Å². The quantitative estimate of drug-likeness (QED) is 0.363. The molecule has 1 fully saturated rings. The van der Waals surface area contributed by atoms with Gasteiger partial charge in [0.2, 0.25) is 0 Å². The van der Waals surface area contributed by atoms with Crippen LogP contribution in [0.4, 0.5) is 0 Å². The molecule has 0 heterocycles. The third-order valence-corrected chi connectivity index (χ3v) is 6.12. The van der Waals surface area contributed by atoms with Gasteiger partial charge >= 0.3 is 5.97 Å². The van der Waals surface area contributed by atoms with Gasteiger partial charge in [-0.05, 0) is 61.6 Å². The molecule has 1 aliphatic carbocycles. The lowest BCUT2D eigenvalue weighted by Gasteiger charge is -2.24. The Morgan fingerprint density at radius 1 is 1.07 bits per heavy atom. The van der Waals surface area contributed by atoms with Crippen LogP contribution in [0, 0.1) is 11.8 Å². The number of methoxy groups -OCH3 is 1. The third kappa shape index (κ3) is 8.09. The van der Waals surface area contributed by atoms with Crippen molar-refractivity contribution in [1.29, 1.82) is 0 Å². The number of unbranched alkanes of at least 4 members (excludes halogenated alkanes) is 3. The first-order valence-electron chi connectivity index (χ1n) is 11.0. The van der Waals surface area contributed by atoms with E-state index in [9.17, 15) is 20.1 Å². The van der Waals surface area contributed by atoms with Gasteiger partial charge < -0.3 is 25.2 Å². The Bertz CT molecular complexity index is 656. The van der Waals surface area contributed by atoms with Crippen LogP contribution in [0.1, 0.15) is 63.4 Å². The van der Waals surface area contributed by atoms with Gasteiger partial charge in [0.15, 0.2) is 0 Å². The van der Waals surface area contributed by atoms with Crippen molar-refractivity contribution in [2.75, 3.05) is 7.11 Å². The van der Waals surface area contributed by atoms with Crippen molar-refractivity contribution in [2.24, 2.45) is 11.8 Å². The number of carbonyl (C=O) groups is 1. The predicted octanol–water partition coefficient (Wildman–Crippen LogP) is 3.63. The fourth-order valence-electron chi connectivity index (χ4n) is 4.39. The normalized spacial score (nSPS) is 24.9. The molecule has 0 bridgehead atoms. The van der Waals surface area contributed by atoms with Crippen LogP contribution < -0.4 is 4.74 Å². The van der Waals surface area contributed by atoms with Crippen LogP contribution in [-0.2, 0) is 4.79 Å². The van der Waals surface area contributed by atoms with Gasteiger partial charge in [-0.15, -0.1) is 0 Å². The fraction of sp³-hybridized carbons (Fsp3) is 0.625. The number of ether oxygens (including phenoxy) is 1. The van der Waals surface area contributed by atoms with E-state index in [1.54, 1.807) is 13.2 Å². The van der Waals surface area contributed by atoms with Gasteiger partial charge in [0.05, 0.1) is 25.4 Å². The Morgan fingerprint density at radius 3 is 2.33 bits per heavy atom. The Labute approximate surface area is 179 Å². The standard InChI is InChI=1S/C24H36O6/c1-30-19-13-9-17(10-14-19)8-11-18(25)12-15-21-20(22(26)16-23(21)27)6-4-2-3-5-7-24(28)29/h8-11,13-14,18,20-23,25-27H,2-7,12,15-16H2,1H3,(H,28,29)/b11-8+/t18?,20-,21-,22+,23-/m1/s1. The van der Waals surface area contributed by atoms with Crippen molar-refractivity contribution in [3.63, 3.8) is 0 Å². The molecular formula is C24H36O6. The van der Waals surface area contributed by atoms with E-state index >= 15 is 0 Å². The molecule has 1 aliphatic rings. The number of aliphatic carboxylic acids is 1. The summed E-state index contributed by atoms with van der Waals surface area (Å²) >= 11 is 0. The average molecular weight is 421 g/mol. The molecule has 1 aromatic rings. The number of aliphatic hydroxyl groups excluding tert-OH is 3. The molecule has 168 valence electrons. The fourth-order valence-corrected chi connectivity index (χ4v) is 4.39. The second-order valence-corrected chi connectivity index (χ2v) is 8.32. The Morgan fingerprint density at radius 2 is 1.70 bits per heavy atom. The summed E-state index contributed by atoms with van der Waals surface area (Å²) in [5.74, 6) is 0.0544. The molecule has 0 aromatic heterocycles. The summed E-state index contributed by atoms with van der Waals surface area (Å²) in [7, 11) is 1.62. The van der Waals surface area contributed by atoms with Crippen molar-refractivity contribution in [3.05, 3.63) is 35.9 Å². The Kier molecular flexibility index (Phi) is 10.3. The van der Waals surface area contributed by atoms with Gasteiger partial charge in [0.25, 0.3) is 0 Å². The number of aliphatic hydroxyl groups is 3. The van der Waals surface area contributed by atoms with Gasteiger partial charge in [-0.25, -0.2) is 0 Å². The van der Waals surface area contributed by atoms with Crippen molar-refractivity contribution in [2.45, 2.75) is 76.1 Å². The second-order valence-electron chi connectivity index (χ2n) is 8.32. The zero-order valence-electron chi connectivity index (χ0n) is 17.8. The lowest BCUT2D eigenvalue weighted by Crippen LogP contribution is -2.23. The molecule has 6 heteroatoms. The van der Waals surface area contributed by atoms with Crippen LogP contribution in [0.15, 0.2) is 30.3 Å². The highest BCUT2D eigenvalue weighted by atomic mass is 16.5. The van der Waals surface area contributed by atoms with Crippen LogP contribution in [0.3, 0.4) is 0 Å². The first-order chi connectivity index (χ1) is 14.4. The Balaban J connectivity index is 1.76. The molecule has 1 unspecified atom stereocenters. The molecule has 4 N–H and O–H groups in total. The second kappa shape index (κ2) is 12.7. The monoisotopic (exact) mass is 420 g/mol. The van der Waals surface area contributed by atoms with E-state index in [-0.39, 0.29) is 18.3 Å². The number of carboxylic acids is 1. The average Bonchev–Trinajstić information content (AvgIpc) is 2.99. The smallest absolute Gasteiger partial charge is 0.303 e. The summed E-state index contributed by atoms with van der Waals surface area (Å²) in [5.41, 5.74) is 0.979. The summed E-state index contributed by atoms with van der Waals surface area (Å²) in [6.07, 6.45) is 8.03. The van der Waals surface area contributed by atoms with Crippen LogP contribution in [-0.4, -0.2) is 51.8 Å². The summed E-state index contributed by atoms with van der Waals surface area (Å²) in [5, 5.41) is 39.7. The summed E-state index contributed by atoms with van der Waals surface area (Å²) in [6.45, 7) is 0. The van der Waals surface area contributed by atoms with Gasteiger partial charge in [-0.1, -0.05) is 43.5 Å². The van der Waals surface area contributed by atoms with Gasteiger partial charge in [-0.2, -0.15) is 0 Å². The minimum absolute atomic E-state index is 0.0111. The zero-order chi connectivity index (χ0) is 21.9. The first kappa shape index (κ1) is 24.4. The topological polar surface area (TPSA) is 107 Å². The lowest BCUT2D eigenvalue weighted by molar-refractivity contribution is -0.137. The number of hydrogen-bond donors (Lipinski definition) is 4. The maximum Gasteiger partial charge on any atom is 0.303 e. The SMILES string of the molecule is COc1ccc(/C=C/C(O)CC[C@@H]2[C@@H](CCCCCCC(=O)O)[C@@H](O)C[C@H]2O)cc1. The zero-order valence-corrected chi connectivity index (χ0v) is 17.8. The van der Waals surface area contributed by atoms with E-state index in [0.717, 1.165) is 37.0 Å². The largest absolute Gasteiger partial charge is 0.497 e. The number of rotatable bonds is 13. The maximum absolute atomic E-state index is 10.6. The number of carboxylic acid groups (broad SMARTS) is 1. The van der Waals surface area contributed by atoms with Crippen LogP contribution >= 0.6 is 0 Å². The van der Waals surface area contributed by atoms with Crippen molar-refractivity contribution in [1.82, 2.24) is 0 Å². The summed E-state index contributed by atoms with van der Waals surface area (Å²) < 4.78 is 5.13. The highest BCUT2D eigenvalue weighted by Crippen LogP contribution is 2.39. The molecule has 0 saturated heterocycles. The van der Waals surface area contributed by atoms with Crippen LogP contribution in [0.25, 0.3) is 6.08 Å². The van der Waals surface area contributed by atoms with E-state index in [2.05, 4.69) is 0 Å². The molecular weight excluding hydrogens is 384 g/mol. The van der Waals surface area contributed by atoms with E-state index < -0.39 is 24.3 Å². The van der Waals surface area contributed by atoms with Gasteiger partial charge in [0.1, 0.15) is 5.75 Å². The highest BCUT2D eigenvalue weighted by molar-refractivity contribution is 5.66. The molecule has 0 aliphatic heterocycles. The molecule has 0 radical (unpaired) electrons. The third-order valence-electron chi connectivity index (χ3n) is 6.12. The lowest BCUT2D eigenvalue weighted by atomic mass is 9.85. The van der Waals surface area contributed by atoms with Crippen LogP contribution in [0.2, 0.25) is 0 Å².